The van der Waals surface area contributed by atoms with Gasteiger partial charge in [0.15, 0.2) is 0 Å². The number of hydrogen-bond acceptors (Lipinski definition) is 3. The largest absolute Gasteiger partial charge is 0.389 e. The Hall–Kier alpha value is -1.16. The predicted molar refractivity (Wildman–Crippen MR) is 72.8 cm³/mol. The summed E-state index contributed by atoms with van der Waals surface area (Å²) in [5.41, 5.74) is 7.63. The third-order valence-corrected chi connectivity index (χ3v) is 2.97. The summed E-state index contributed by atoms with van der Waals surface area (Å²) in [4.78, 5) is 4.70. The van der Waals surface area contributed by atoms with E-state index in [0.717, 1.165) is 16.9 Å². The molecule has 0 radical (unpaired) electrons. The quantitative estimate of drug-likeness (QED) is 0.790. The highest BCUT2D eigenvalue weighted by Gasteiger charge is 2.13. The molecule has 0 aliphatic rings. The normalized spacial score (nSPS) is 12.6. The number of hydrogen-bond donors (Lipinski definition) is 2. The first-order chi connectivity index (χ1) is 7.43. The van der Waals surface area contributed by atoms with E-state index in [1.807, 2.05) is 13.0 Å². The van der Waals surface area contributed by atoms with Gasteiger partial charge >= 0.3 is 0 Å². The van der Waals surface area contributed by atoms with Gasteiger partial charge in [-0.1, -0.05) is 26.1 Å². The maximum absolute atomic E-state index is 5.72. The molecule has 1 rings (SSSR count). The highest BCUT2D eigenvalue weighted by molar-refractivity contribution is 7.80. The molecule has 1 unspecified atom stereocenters. The molecule has 0 bridgehead atoms. The van der Waals surface area contributed by atoms with Crippen molar-refractivity contribution in [3.8, 4) is 0 Å². The van der Waals surface area contributed by atoms with Gasteiger partial charge in [-0.15, -0.1) is 0 Å². The van der Waals surface area contributed by atoms with Crippen molar-refractivity contribution in [2.75, 3.05) is 5.32 Å². The predicted octanol–water partition coefficient (Wildman–Crippen LogP) is 2.48. The molecule has 1 aromatic rings. The first kappa shape index (κ1) is 12.9. The summed E-state index contributed by atoms with van der Waals surface area (Å²) in [6.45, 7) is 8.43. The first-order valence-corrected chi connectivity index (χ1v) is 5.86. The number of nitrogens with zero attached hydrogens (tertiary/aromatic N) is 1. The molecule has 1 atom stereocenters. The molecule has 0 aliphatic heterocycles. The van der Waals surface area contributed by atoms with Gasteiger partial charge in [-0.05, 0) is 31.4 Å². The molecule has 16 heavy (non-hydrogen) atoms. The average Bonchev–Trinajstić information content (AvgIpc) is 2.16. The van der Waals surface area contributed by atoms with Crippen LogP contribution in [0.1, 0.15) is 31.9 Å². The summed E-state index contributed by atoms with van der Waals surface area (Å²) in [5, 5.41) is 3.35. The van der Waals surface area contributed by atoms with Crippen LogP contribution in [0.25, 0.3) is 0 Å². The minimum absolute atomic E-state index is 0.336. The Labute approximate surface area is 102 Å². The van der Waals surface area contributed by atoms with E-state index in [4.69, 9.17) is 18.0 Å². The number of aromatic nitrogens is 1. The highest BCUT2D eigenvalue weighted by atomic mass is 32.1. The van der Waals surface area contributed by atoms with Crippen molar-refractivity contribution in [1.82, 2.24) is 4.98 Å². The average molecular weight is 237 g/mol. The molecular weight excluding hydrogens is 218 g/mol. The zero-order chi connectivity index (χ0) is 12.3. The van der Waals surface area contributed by atoms with Crippen molar-refractivity contribution in [3.05, 3.63) is 23.4 Å². The molecule has 0 saturated carbocycles. The first-order valence-electron chi connectivity index (χ1n) is 5.45. The summed E-state index contributed by atoms with van der Waals surface area (Å²) in [7, 11) is 0. The fourth-order valence-corrected chi connectivity index (χ4v) is 1.62. The summed E-state index contributed by atoms with van der Waals surface area (Å²) in [6, 6.07) is 2.25. The molecule has 4 heteroatoms. The van der Waals surface area contributed by atoms with Crippen LogP contribution in [-0.4, -0.2) is 16.0 Å². The monoisotopic (exact) mass is 237 g/mol. The summed E-state index contributed by atoms with van der Waals surface area (Å²) < 4.78 is 0. The summed E-state index contributed by atoms with van der Waals surface area (Å²) in [6.07, 6.45) is 1.77. The van der Waals surface area contributed by atoms with Crippen LogP contribution in [0.5, 0.6) is 0 Å². The smallest absolute Gasteiger partial charge is 0.136 e. The van der Waals surface area contributed by atoms with Crippen LogP contribution >= 0.6 is 12.2 Å². The third-order valence-electron chi connectivity index (χ3n) is 2.77. The maximum atomic E-state index is 5.72. The maximum Gasteiger partial charge on any atom is 0.136 e. The van der Waals surface area contributed by atoms with Crippen molar-refractivity contribution in [3.63, 3.8) is 0 Å². The van der Waals surface area contributed by atoms with Crippen molar-refractivity contribution in [2.45, 2.75) is 33.7 Å². The Morgan fingerprint density at radius 3 is 2.56 bits per heavy atom. The van der Waals surface area contributed by atoms with E-state index in [0.29, 0.717) is 16.9 Å². The number of pyridine rings is 1. The van der Waals surface area contributed by atoms with E-state index in [1.54, 1.807) is 6.20 Å². The van der Waals surface area contributed by atoms with E-state index < -0.39 is 0 Å². The number of anilines is 1. The fourth-order valence-electron chi connectivity index (χ4n) is 1.36. The SMILES string of the molecule is Cc1ccnc(NC(C)C(C)C)c1C(N)=S. The second-order valence-electron chi connectivity index (χ2n) is 4.39. The van der Waals surface area contributed by atoms with Gasteiger partial charge in [0.25, 0.3) is 0 Å². The van der Waals surface area contributed by atoms with Gasteiger partial charge in [0.2, 0.25) is 0 Å². The molecule has 0 aromatic carbocycles. The van der Waals surface area contributed by atoms with E-state index >= 15 is 0 Å². The molecule has 0 fully saturated rings. The minimum Gasteiger partial charge on any atom is -0.389 e. The van der Waals surface area contributed by atoms with Crippen LogP contribution in [0.3, 0.4) is 0 Å². The molecule has 3 nitrogen and oxygen atoms in total. The minimum atomic E-state index is 0.336. The molecule has 0 spiro atoms. The molecule has 88 valence electrons. The lowest BCUT2D eigenvalue weighted by Gasteiger charge is -2.20. The van der Waals surface area contributed by atoms with Crippen LogP contribution in [0.15, 0.2) is 12.3 Å². The number of nitrogens with two attached hydrogens (primary N) is 1. The van der Waals surface area contributed by atoms with Crippen LogP contribution < -0.4 is 11.1 Å². The molecule has 0 aliphatic carbocycles. The fraction of sp³-hybridized carbons (Fsp3) is 0.500. The lowest BCUT2D eigenvalue weighted by Crippen LogP contribution is -2.25. The third kappa shape index (κ3) is 2.92. The Balaban J connectivity index is 3.04. The second-order valence-corrected chi connectivity index (χ2v) is 4.83. The van der Waals surface area contributed by atoms with Gasteiger partial charge in [0, 0.05) is 12.2 Å². The zero-order valence-corrected chi connectivity index (χ0v) is 11.1. The lowest BCUT2D eigenvalue weighted by atomic mass is 10.1. The van der Waals surface area contributed by atoms with E-state index in [2.05, 4.69) is 31.1 Å². The lowest BCUT2D eigenvalue weighted by molar-refractivity contribution is 0.558. The second kappa shape index (κ2) is 5.25. The van der Waals surface area contributed by atoms with Gasteiger partial charge in [0.05, 0.1) is 5.56 Å². The van der Waals surface area contributed by atoms with Crippen molar-refractivity contribution in [2.24, 2.45) is 11.7 Å². The number of aryl methyl sites for hydroxylation is 1. The standard InChI is InChI=1S/C12H19N3S/c1-7(2)9(4)15-12-10(11(13)16)8(3)5-6-14-12/h5-7,9H,1-4H3,(H2,13,16)(H,14,15). The molecule has 0 saturated heterocycles. The molecule has 0 amide bonds. The van der Waals surface area contributed by atoms with Crippen LogP contribution in [0.2, 0.25) is 0 Å². The number of nitrogens with one attached hydrogen (secondary N) is 1. The van der Waals surface area contributed by atoms with Crippen molar-refractivity contribution >= 4 is 23.0 Å². The summed E-state index contributed by atoms with van der Waals surface area (Å²) in [5.74, 6) is 1.32. The van der Waals surface area contributed by atoms with Gasteiger partial charge in [0.1, 0.15) is 10.8 Å². The number of rotatable bonds is 4. The highest BCUT2D eigenvalue weighted by Crippen LogP contribution is 2.18. The topological polar surface area (TPSA) is 50.9 Å². The molecule has 3 N–H and O–H groups in total. The molecule has 1 heterocycles. The van der Waals surface area contributed by atoms with E-state index in [-0.39, 0.29) is 0 Å². The number of thiocarbonyl (C=S) groups is 1. The van der Waals surface area contributed by atoms with Gasteiger partial charge < -0.3 is 11.1 Å². The van der Waals surface area contributed by atoms with Gasteiger partial charge in [-0.2, -0.15) is 0 Å². The van der Waals surface area contributed by atoms with Crippen LogP contribution in [0.4, 0.5) is 5.82 Å². The van der Waals surface area contributed by atoms with E-state index in [1.165, 1.54) is 0 Å². The Morgan fingerprint density at radius 2 is 2.06 bits per heavy atom. The van der Waals surface area contributed by atoms with Crippen molar-refractivity contribution < 1.29 is 0 Å². The Kier molecular flexibility index (Phi) is 4.24. The van der Waals surface area contributed by atoms with Crippen LogP contribution in [0, 0.1) is 12.8 Å². The van der Waals surface area contributed by atoms with Crippen LogP contribution in [-0.2, 0) is 0 Å². The van der Waals surface area contributed by atoms with E-state index in [9.17, 15) is 0 Å². The van der Waals surface area contributed by atoms with Crippen molar-refractivity contribution in [1.29, 1.82) is 0 Å². The van der Waals surface area contributed by atoms with Gasteiger partial charge in [-0.3, -0.25) is 0 Å². The Morgan fingerprint density at radius 1 is 1.44 bits per heavy atom. The summed E-state index contributed by atoms with van der Waals surface area (Å²) >= 11 is 5.05. The van der Waals surface area contributed by atoms with Gasteiger partial charge in [-0.25, -0.2) is 4.98 Å². The zero-order valence-electron chi connectivity index (χ0n) is 10.2. The molecular formula is C12H19N3S. The molecule has 1 aromatic heterocycles. The Bertz CT molecular complexity index is 388.